The highest BCUT2D eigenvalue weighted by Crippen LogP contribution is 2.13. The number of hydrogen-bond donors (Lipinski definition) is 3. The second kappa shape index (κ2) is 11.0. The van der Waals surface area contributed by atoms with Gasteiger partial charge in [-0.3, -0.25) is 4.79 Å². The van der Waals surface area contributed by atoms with Crippen LogP contribution in [0.15, 0.2) is 53.0 Å². The number of carbonyl (C=O) groups is 2. The summed E-state index contributed by atoms with van der Waals surface area (Å²) < 4.78 is 6.63. The van der Waals surface area contributed by atoms with Crippen LogP contribution in [-0.4, -0.2) is 30.6 Å². The summed E-state index contributed by atoms with van der Waals surface area (Å²) >= 11 is 3.34. The third-order valence-electron chi connectivity index (χ3n) is 3.90. The molecule has 0 saturated carbocycles. The first-order chi connectivity index (χ1) is 13.7. The molecule has 0 aliphatic rings. The number of benzene rings is 2. The van der Waals surface area contributed by atoms with Gasteiger partial charge in [-0.05, 0) is 50.1 Å². The molecule has 2 aromatic carbocycles. The van der Waals surface area contributed by atoms with E-state index in [1.54, 1.807) is 18.2 Å². The third-order valence-corrected chi connectivity index (χ3v) is 4.39. The fourth-order valence-corrected chi connectivity index (χ4v) is 2.86. The summed E-state index contributed by atoms with van der Waals surface area (Å²) in [5, 5.41) is 8.32. The van der Waals surface area contributed by atoms with Crippen LogP contribution in [0.1, 0.15) is 42.3 Å². The summed E-state index contributed by atoms with van der Waals surface area (Å²) in [7, 11) is 0. The molecule has 0 aromatic heterocycles. The smallest absolute Gasteiger partial charge is 0.315 e. The average molecular weight is 462 g/mol. The first kappa shape index (κ1) is 22.9. The van der Waals surface area contributed by atoms with E-state index in [1.807, 2.05) is 51.1 Å². The van der Waals surface area contributed by atoms with E-state index in [4.69, 9.17) is 4.74 Å². The second-order valence-electron chi connectivity index (χ2n) is 7.60. The second-order valence-corrected chi connectivity index (χ2v) is 8.51. The van der Waals surface area contributed by atoms with Crippen molar-refractivity contribution < 1.29 is 14.3 Å². The zero-order valence-corrected chi connectivity index (χ0v) is 18.6. The fourth-order valence-electron chi connectivity index (χ4n) is 2.46. The highest BCUT2D eigenvalue weighted by atomic mass is 79.9. The topological polar surface area (TPSA) is 79.5 Å². The Morgan fingerprint density at radius 1 is 0.931 bits per heavy atom. The molecule has 0 saturated heterocycles. The van der Waals surface area contributed by atoms with E-state index in [0.29, 0.717) is 31.8 Å². The SMILES string of the molecule is CC(C)(C)OCc1cccc(CNC(=O)NCCNC(=O)c2cccc(Br)c2)c1. The van der Waals surface area contributed by atoms with E-state index in [1.165, 1.54) is 0 Å². The highest BCUT2D eigenvalue weighted by molar-refractivity contribution is 9.10. The first-order valence-electron chi connectivity index (χ1n) is 9.50. The highest BCUT2D eigenvalue weighted by Gasteiger charge is 2.10. The summed E-state index contributed by atoms with van der Waals surface area (Å²) in [6.07, 6.45) is 0. The average Bonchev–Trinajstić information content (AvgIpc) is 2.68. The molecule has 0 spiro atoms. The molecular weight excluding hydrogens is 434 g/mol. The van der Waals surface area contributed by atoms with Crippen molar-refractivity contribution in [3.8, 4) is 0 Å². The van der Waals surface area contributed by atoms with Gasteiger partial charge in [0.25, 0.3) is 5.91 Å². The Morgan fingerprint density at radius 3 is 2.34 bits per heavy atom. The van der Waals surface area contributed by atoms with Crippen LogP contribution in [0.3, 0.4) is 0 Å². The van der Waals surface area contributed by atoms with E-state index >= 15 is 0 Å². The molecule has 2 aromatic rings. The number of ether oxygens (including phenoxy) is 1. The van der Waals surface area contributed by atoms with Gasteiger partial charge in [-0.1, -0.05) is 46.3 Å². The molecule has 3 N–H and O–H groups in total. The minimum Gasteiger partial charge on any atom is -0.371 e. The van der Waals surface area contributed by atoms with Gasteiger partial charge in [0.1, 0.15) is 0 Å². The Balaban J connectivity index is 1.67. The van der Waals surface area contributed by atoms with Gasteiger partial charge in [0.2, 0.25) is 0 Å². The summed E-state index contributed by atoms with van der Waals surface area (Å²) in [6.45, 7) is 7.68. The van der Waals surface area contributed by atoms with Crippen molar-refractivity contribution in [2.75, 3.05) is 13.1 Å². The Morgan fingerprint density at radius 2 is 1.62 bits per heavy atom. The molecule has 0 radical (unpaired) electrons. The zero-order chi connectivity index (χ0) is 21.3. The molecule has 7 heteroatoms. The Kier molecular flexibility index (Phi) is 8.67. The standard InChI is InChI=1S/C22H28BrN3O3/c1-22(2,3)29-15-17-7-4-6-16(12-17)14-26-21(28)25-11-10-24-20(27)18-8-5-9-19(23)13-18/h4-9,12-13H,10-11,14-15H2,1-3H3,(H,24,27)(H2,25,26,28). The minimum atomic E-state index is -0.280. The number of amides is 3. The van der Waals surface area contributed by atoms with Gasteiger partial charge >= 0.3 is 6.03 Å². The normalized spacial score (nSPS) is 11.0. The molecule has 6 nitrogen and oxygen atoms in total. The van der Waals surface area contributed by atoms with Crippen LogP contribution in [0, 0.1) is 0 Å². The molecule has 0 fully saturated rings. The lowest BCUT2D eigenvalue weighted by molar-refractivity contribution is -0.0149. The summed E-state index contributed by atoms with van der Waals surface area (Å²) in [6, 6.07) is 14.8. The molecule has 0 heterocycles. The predicted molar refractivity (Wildman–Crippen MR) is 118 cm³/mol. The molecule has 3 amide bonds. The van der Waals surface area contributed by atoms with Crippen molar-refractivity contribution in [2.24, 2.45) is 0 Å². The van der Waals surface area contributed by atoms with Gasteiger partial charge in [-0.15, -0.1) is 0 Å². The van der Waals surface area contributed by atoms with Crippen molar-refractivity contribution in [1.29, 1.82) is 0 Å². The molecule has 29 heavy (non-hydrogen) atoms. The zero-order valence-electron chi connectivity index (χ0n) is 17.0. The number of hydrogen-bond acceptors (Lipinski definition) is 3. The monoisotopic (exact) mass is 461 g/mol. The van der Waals surface area contributed by atoms with E-state index in [9.17, 15) is 9.59 Å². The maximum absolute atomic E-state index is 12.0. The number of urea groups is 1. The van der Waals surface area contributed by atoms with Gasteiger partial charge < -0.3 is 20.7 Å². The fraction of sp³-hybridized carbons (Fsp3) is 0.364. The number of rotatable bonds is 8. The van der Waals surface area contributed by atoms with Crippen molar-refractivity contribution in [2.45, 2.75) is 39.5 Å². The van der Waals surface area contributed by atoms with Gasteiger partial charge in [-0.25, -0.2) is 4.79 Å². The van der Waals surface area contributed by atoms with E-state index < -0.39 is 0 Å². The molecule has 0 aliphatic heterocycles. The van der Waals surface area contributed by atoms with Crippen LogP contribution in [0.2, 0.25) is 0 Å². The van der Waals surface area contributed by atoms with Crippen molar-refractivity contribution >= 4 is 27.9 Å². The van der Waals surface area contributed by atoms with E-state index in [0.717, 1.165) is 15.6 Å². The van der Waals surface area contributed by atoms with Crippen molar-refractivity contribution in [3.63, 3.8) is 0 Å². The largest absolute Gasteiger partial charge is 0.371 e. The van der Waals surface area contributed by atoms with Gasteiger partial charge in [0.15, 0.2) is 0 Å². The molecular formula is C22H28BrN3O3. The Labute approximate surface area is 180 Å². The molecule has 0 atom stereocenters. The molecule has 0 aliphatic carbocycles. The van der Waals surface area contributed by atoms with Crippen LogP contribution in [-0.2, 0) is 17.9 Å². The van der Waals surface area contributed by atoms with Crippen LogP contribution in [0.5, 0.6) is 0 Å². The molecule has 0 bridgehead atoms. The van der Waals surface area contributed by atoms with Crippen molar-refractivity contribution in [3.05, 3.63) is 69.7 Å². The Hall–Kier alpha value is -2.38. The van der Waals surface area contributed by atoms with E-state index in [2.05, 4.69) is 31.9 Å². The maximum atomic E-state index is 12.0. The first-order valence-corrected chi connectivity index (χ1v) is 10.3. The van der Waals surface area contributed by atoms with Gasteiger partial charge in [-0.2, -0.15) is 0 Å². The molecule has 2 rings (SSSR count). The molecule has 156 valence electrons. The number of halogens is 1. The predicted octanol–water partition coefficient (Wildman–Crippen LogP) is 3.99. The molecule has 0 unspecified atom stereocenters. The van der Waals surface area contributed by atoms with Crippen LogP contribution >= 0.6 is 15.9 Å². The Bertz CT molecular complexity index is 834. The van der Waals surface area contributed by atoms with Crippen LogP contribution < -0.4 is 16.0 Å². The van der Waals surface area contributed by atoms with Gasteiger partial charge in [0, 0.05) is 29.7 Å². The van der Waals surface area contributed by atoms with Crippen LogP contribution in [0.4, 0.5) is 4.79 Å². The lowest BCUT2D eigenvalue weighted by Gasteiger charge is -2.19. The van der Waals surface area contributed by atoms with E-state index in [-0.39, 0.29) is 17.5 Å². The maximum Gasteiger partial charge on any atom is 0.315 e. The number of carbonyl (C=O) groups excluding carboxylic acids is 2. The van der Waals surface area contributed by atoms with Crippen LogP contribution in [0.25, 0.3) is 0 Å². The summed E-state index contributed by atoms with van der Waals surface area (Å²) in [4.78, 5) is 24.0. The summed E-state index contributed by atoms with van der Waals surface area (Å²) in [5.74, 6) is -0.178. The lowest BCUT2D eigenvalue weighted by atomic mass is 10.1. The lowest BCUT2D eigenvalue weighted by Crippen LogP contribution is -2.40. The van der Waals surface area contributed by atoms with Crippen molar-refractivity contribution in [1.82, 2.24) is 16.0 Å². The van der Waals surface area contributed by atoms with Gasteiger partial charge in [0.05, 0.1) is 12.2 Å². The third kappa shape index (κ3) is 9.11. The summed E-state index contributed by atoms with van der Waals surface area (Å²) in [5.41, 5.74) is 2.44. The number of nitrogens with one attached hydrogen (secondary N) is 3. The quantitative estimate of drug-likeness (QED) is 0.519. The minimum absolute atomic E-state index is 0.178.